The summed E-state index contributed by atoms with van der Waals surface area (Å²) >= 11 is 0. The van der Waals surface area contributed by atoms with Crippen LogP contribution in [0.4, 0.5) is 10.1 Å². The van der Waals surface area contributed by atoms with E-state index in [4.69, 9.17) is 10.4 Å². The van der Waals surface area contributed by atoms with Gasteiger partial charge in [-0.1, -0.05) is 12.1 Å². The lowest BCUT2D eigenvalue weighted by Gasteiger charge is -2.11. The Morgan fingerprint density at radius 1 is 1.38 bits per heavy atom. The second-order valence-corrected chi connectivity index (χ2v) is 4.57. The Morgan fingerprint density at radius 3 is 2.81 bits per heavy atom. The van der Waals surface area contributed by atoms with Gasteiger partial charge < -0.3 is 10.4 Å². The average Bonchev–Trinajstić information content (AvgIpc) is 2.46. The molecule has 0 amide bonds. The Kier molecular flexibility index (Phi) is 4.19. The predicted octanol–water partition coefficient (Wildman–Crippen LogP) is 3.32. The smallest absolute Gasteiger partial charge is 0.335 e. The van der Waals surface area contributed by atoms with E-state index in [-0.39, 0.29) is 17.7 Å². The maximum Gasteiger partial charge on any atom is 0.335 e. The zero-order valence-electron chi connectivity index (χ0n) is 11.4. The summed E-state index contributed by atoms with van der Waals surface area (Å²) in [6.07, 6.45) is 0. The lowest BCUT2D eigenvalue weighted by atomic mass is 10.1. The summed E-state index contributed by atoms with van der Waals surface area (Å²) in [6.45, 7) is 1.92. The normalized spacial score (nSPS) is 9.95. The number of aromatic carboxylic acids is 1. The predicted molar refractivity (Wildman–Crippen MR) is 76.6 cm³/mol. The highest BCUT2D eigenvalue weighted by molar-refractivity contribution is 5.87. The molecule has 4 nitrogen and oxygen atoms in total. The molecule has 5 heteroatoms. The molecule has 0 aliphatic heterocycles. The first kappa shape index (κ1) is 14.5. The van der Waals surface area contributed by atoms with Gasteiger partial charge in [0.25, 0.3) is 0 Å². The van der Waals surface area contributed by atoms with Crippen molar-refractivity contribution < 1.29 is 14.3 Å². The molecule has 106 valence electrons. The molecule has 0 saturated heterocycles. The van der Waals surface area contributed by atoms with Gasteiger partial charge in [-0.05, 0) is 36.8 Å². The molecule has 2 N–H and O–H groups in total. The molecule has 0 aliphatic rings. The third-order valence-electron chi connectivity index (χ3n) is 3.15. The van der Waals surface area contributed by atoms with E-state index in [0.29, 0.717) is 11.3 Å². The topological polar surface area (TPSA) is 73.1 Å². The van der Waals surface area contributed by atoms with Gasteiger partial charge in [-0.3, -0.25) is 0 Å². The molecule has 0 fully saturated rings. The van der Waals surface area contributed by atoms with Gasteiger partial charge in [0.15, 0.2) is 0 Å². The van der Waals surface area contributed by atoms with Gasteiger partial charge in [-0.2, -0.15) is 5.26 Å². The number of carboxylic acid groups (broad SMARTS) is 1. The van der Waals surface area contributed by atoms with Crippen LogP contribution < -0.4 is 5.32 Å². The van der Waals surface area contributed by atoms with Crippen molar-refractivity contribution in [2.75, 3.05) is 5.32 Å². The fourth-order valence-corrected chi connectivity index (χ4v) is 2.00. The third kappa shape index (κ3) is 3.18. The average molecular weight is 284 g/mol. The number of hydrogen-bond donors (Lipinski definition) is 2. The molecular formula is C16H13FN2O2. The second-order valence-electron chi connectivity index (χ2n) is 4.57. The van der Waals surface area contributed by atoms with Crippen molar-refractivity contribution in [1.82, 2.24) is 0 Å². The summed E-state index contributed by atoms with van der Waals surface area (Å²) in [5.74, 6) is -1.59. The Bertz CT molecular complexity index is 736. The molecule has 0 heterocycles. The Morgan fingerprint density at radius 2 is 2.14 bits per heavy atom. The van der Waals surface area contributed by atoms with Crippen molar-refractivity contribution in [3.8, 4) is 6.07 Å². The van der Waals surface area contributed by atoms with Crippen LogP contribution >= 0.6 is 0 Å². The zero-order valence-corrected chi connectivity index (χ0v) is 11.4. The lowest BCUT2D eigenvalue weighted by molar-refractivity contribution is 0.0696. The number of benzene rings is 2. The van der Waals surface area contributed by atoms with Gasteiger partial charge in [0.2, 0.25) is 0 Å². The van der Waals surface area contributed by atoms with E-state index in [1.54, 1.807) is 12.1 Å². The van der Waals surface area contributed by atoms with Crippen LogP contribution in [0.15, 0.2) is 36.4 Å². The summed E-state index contributed by atoms with van der Waals surface area (Å²) in [7, 11) is 0. The first-order valence-corrected chi connectivity index (χ1v) is 6.28. The van der Waals surface area contributed by atoms with Crippen molar-refractivity contribution in [2.45, 2.75) is 13.5 Å². The highest BCUT2D eigenvalue weighted by Gasteiger charge is 2.10. The molecular weight excluding hydrogens is 271 g/mol. The molecule has 0 spiro atoms. The number of carboxylic acids is 1. The summed E-state index contributed by atoms with van der Waals surface area (Å²) < 4.78 is 13.7. The van der Waals surface area contributed by atoms with Crippen molar-refractivity contribution >= 4 is 11.7 Å². The van der Waals surface area contributed by atoms with E-state index < -0.39 is 11.8 Å². The highest BCUT2D eigenvalue weighted by Crippen LogP contribution is 2.20. The molecule has 0 aromatic heterocycles. The number of nitrogens with zero attached hydrogens (tertiary/aromatic N) is 1. The second kappa shape index (κ2) is 6.06. The molecule has 0 saturated carbocycles. The molecule has 0 aliphatic carbocycles. The molecule has 0 atom stereocenters. The van der Waals surface area contributed by atoms with Crippen molar-refractivity contribution in [1.29, 1.82) is 5.26 Å². The van der Waals surface area contributed by atoms with Crippen molar-refractivity contribution in [2.24, 2.45) is 0 Å². The van der Waals surface area contributed by atoms with Crippen LogP contribution in [0.3, 0.4) is 0 Å². The standard InChI is InChI=1S/C16H13FN2O2/c1-10-3-2-4-15(13(10)8-18)19-9-12-7-11(16(20)21)5-6-14(12)17/h2-7,19H,9H2,1H3,(H,20,21). The molecule has 2 aromatic carbocycles. The summed E-state index contributed by atoms with van der Waals surface area (Å²) in [5.41, 5.74) is 2.17. The van der Waals surface area contributed by atoms with Crippen LogP contribution in [-0.2, 0) is 6.54 Å². The van der Waals surface area contributed by atoms with E-state index in [9.17, 15) is 9.18 Å². The quantitative estimate of drug-likeness (QED) is 0.903. The van der Waals surface area contributed by atoms with E-state index in [0.717, 1.165) is 11.6 Å². The minimum absolute atomic E-state index is 0.0259. The Balaban J connectivity index is 2.25. The summed E-state index contributed by atoms with van der Waals surface area (Å²) in [4.78, 5) is 10.9. The number of nitrogens with one attached hydrogen (secondary N) is 1. The zero-order chi connectivity index (χ0) is 15.4. The van der Waals surface area contributed by atoms with Crippen LogP contribution in [0.1, 0.15) is 27.0 Å². The Hall–Kier alpha value is -2.87. The van der Waals surface area contributed by atoms with Crippen molar-refractivity contribution in [3.63, 3.8) is 0 Å². The SMILES string of the molecule is Cc1cccc(NCc2cc(C(=O)O)ccc2F)c1C#N. The number of hydrogen-bond acceptors (Lipinski definition) is 3. The molecule has 0 bridgehead atoms. The van der Waals surface area contributed by atoms with Crippen LogP contribution in [-0.4, -0.2) is 11.1 Å². The van der Waals surface area contributed by atoms with Gasteiger partial charge in [0, 0.05) is 12.1 Å². The van der Waals surface area contributed by atoms with E-state index in [1.807, 2.05) is 13.0 Å². The van der Waals surface area contributed by atoms with Crippen molar-refractivity contribution in [3.05, 3.63) is 64.5 Å². The number of aryl methyl sites for hydroxylation is 1. The number of halogens is 1. The largest absolute Gasteiger partial charge is 0.478 e. The van der Waals surface area contributed by atoms with Gasteiger partial charge in [0.1, 0.15) is 11.9 Å². The lowest BCUT2D eigenvalue weighted by Crippen LogP contribution is -2.06. The van der Waals surface area contributed by atoms with Gasteiger partial charge in [-0.15, -0.1) is 0 Å². The molecule has 0 unspecified atom stereocenters. The number of rotatable bonds is 4. The maximum atomic E-state index is 13.7. The highest BCUT2D eigenvalue weighted by atomic mass is 19.1. The summed E-state index contributed by atoms with van der Waals surface area (Å²) in [6, 6.07) is 11.1. The Labute approximate surface area is 121 Å². The molecule has 2 aromatic rings. The third-order valence-corrected chi connectivity index (χ3v) is 3.15. The monoisotopic (exact) mass is 284 g/mol. The fourth-order valence-electron chi connectivity index (χ4n) is 2.00. The minimum atomic E-state index is -1.11. The number of nitriles is 1. The van der Waals surface area contributed by atoms with Gasteiger partial charge in [-0.25, -0.2) is 9.18 Å². The van der Waals surface area contributed by atoms with Crippen LogP contribution in [0, 0.1) is 24.1 Å². The number of anilines is 1. The summed E-state index contributed by atoms with van der Waals surface area (Å²) in [5, 5.41) is 21.0. The maximum absolute atomic E-state index is 13.7. The fraction of sp³-hybridized carbons (Fsp3) is 0.125. The molecule has 2 rings (SSSR count). The first-order valence-electron chi connectivity index (χ1n) is 6.28. The van der Waals surface area contributed by atoms with Gasteiger partial charge in [0.05, 0.1) is 16.8 Å². The molecule has 0 radical (unpaired) electrons. The van der Waals surface area contributed by atoms with E-state index in [2.05, 4.69) is 11.4 Å². The van der Waals surface area contributed by atoms with Crippen LogP contribution in [0.5, 0.6) is 0 Å². The minimum Gasteiger partial charge on any atom is -0.478 e. The van der Waals surface area contributed by atoms with Crippen LogP contribution in [0.25, 0.3) is 0 Å². The van der Waals surface area contributed by atoms with E-state index >= 15 is 0 Å². The van der Waals surface area contributed by atoms with E-state index in [1.165, 1.54) is 12.1 Å². The first-order chi connectivity index (χ1) is 10.0. The number of carbonyl (C=O) groups is 1. The van der Waals surface area contributed by atoms with Gasteiger partial charge >= 0.3 is 5.97 Å². The van der Waals surface area contributed by atoms with Crippen LogP contribution in [0.2, 0.25) is 0 Å². The molecule has 21 heavy (non-hydrogen) atoms.